The van der Waals surface area contributed by atoms with E-state index in [1.165, 1.54) is 48.5 Å². The van der Waals surface area contributed by atoms with Crippen LogP contribution in [0.1, 0.15) is 0 Å². The largest absolute Gasteiger partial charge is 0.457 e. The summed E-state index contributed by atoms with van der Waals surface area (Å²) in [4.78, 5) is 0.242. The van der Waals surface area contributed by atoms with Crippen LogP contribution >= 0.6 is 29.6 Å². The molecule has 2 aromatic rings. The van der Waals surface area contributed by atoms with Gasteiger partial charge in [-0.25, -0.2) is 16.8 Å². The summed E-state index contributed by atoms with van der Waals surface area (Å²) < 4.78 is 50.5. The molecule has 0 N–H and O–H groups in total. The van der Waals surface area contributed by atoms with Crippen molar-refractivity contribution in [2.75, 3.05) is 0 Å². The molecule has 0 saturated carbocycles. The summed E-state index contributed by atoms with van der Waals surface area (Å²) in [5.41, 5.74) is 0. The molecule has 2 rings (SSSR count). The lowest BCUT2D eigenvalue weighted by Gasteiger charge is -2.06. The lowest BCUT2D eigenvalue weighted by atomic mass is 10.3. The third-order valence-electron chi connectivity index (χ3n) is 2.45. The van der Waals surface area contributed by atoms with Gasteiger partial charge in [-0.1, -0.05) is 0 Å². The molecule has 0 spiro atoms. The van der Waals surface area contributed by atoms with Crippen molar-refractivity contribution in [3.8, 4) is 11.5 Å². The van der Waals surface area contributed by atoms with Gasteiger partial charge in [-0.2, -0.15) is 0 Å². The molecule has 0 heterocycles. The van der Waals surface area contributed by atoms with Gasteiger partial charge in [-0.15, -0.1) is 0 Å². The van der Waals surface area contributed by atoms with Gasteiger partial charge < -0.3 is 4.74 Å². The Labute approximate surface area is 137 Å². The van der Waals surface area contributed by atoms with Crippen molar-refractivity contribution in [3.05, 3.63) is 48.5 Å². The maximum absolute atomic E-state index is 11.2. The minimum atomic E-state index is -3.43. The van der Waals surface area contributed by atoms with Crippen molar-refractivity contribution in [2.24, 2.45) is 0 Å². The van der Waals surface area contributed by atoms with Crippen LogP contribution in [0.3, 0.4) is 0 Å². The molecule has 5 nitrogen and oxygen atoms in total. The second-order valence-electron chi connectivity index (χ2n) is 3.92. The van der Waals surface area contributed by atoms with Crippen LogP contribution < -0.4 is 4.74 Å². The number of rotatable bonds is 4. The average molecular weight is 456 g/mol. The molecule has 0 unspecified atom stereocenters. The minimum absolute atomic E-state index is 0.121. The molecule has 0 radical (unpaired) electrons. The van der Waals surface area contributed by atoms with Crippen molar-refractivity contribution in [1.29, 1.82) is 0 Å². The summed E-state index contributed by atoms with van der Waals surface area (Å²) in [5.74, 6) is 0.869. The second-order valence-corrected chi connectivity index (χ2v) is 11.7. The zero-order chi connectivity index (χ0) is 15.7. The summed E-state index contributed by atoms with van der Waals surface area (Å²) in [5, 5.41) is 0. The maximum atomic E-state index is 11.2. The molecule has 0 bridgehead atoms. The van der Waals surface area contributed by atoms with Crippen LogP contribution in [0.2, 0.25) is 0 Å². The smallest absolute Gasteiger partial charge is 0.237 e. The van der Waals surface area contributed by atoms with Gasteiger partial charge >= 0.3 is 0 Å². The lowest BCUT2D eigenvalue weighted by Crippen LogP contribution is -1.91. The molecule has 21 heavy (non-hydrogen) atoms. The molecule has 0 aromatic heterocycles. The molecule has 0 saturated heterocycles. The van der Waals surface area contributed by atoms with Crippen molar-refractivity contribution >= 4 is 46.2 Å². The fraction of sp³-hybridized carbons (Fsp3) is 0. The molecule has 2 aromatic carbocycles. The van der Waals surface area contributed by atoms with E-state index >= 15 is 0 Å². The zero-order valence-electron chi connectivity index (χ0n) is 10.2. The first kappa shape index (κ1) is 16.5. The molecular formula is C12H8Br2O5S2. The van der Waals surface area contributed by atoms with Crippen molar-refractivity contribution in [1.82, 2.24) is 0 Å². The Balaban J connectivity index is 2.19. The zero-order valence-corrected chi connectivity index (χ0v) is 15.0. The molecule has 0 atom stereocenters. The van der Waals surface area contributed by atoms with Crippen LogP contribution in [0.4, 0.5) is 0 Å². The van der Waals surface area contributed by atoms with E-state index in [0.717, 1.165) is 0 Å². The van der Waals surface area contributed by atoms with E-state index < -0.39 is 16.5 Å². The highest BCUT2D eigenvalue weighted by atomic mass is 79.9. The predicted molar refractivity (Wildman–Crippen MR) is 85.2 cm³/mol. The van der Waals surface area contributed by atoms with Gasteiger partial charge in [0.1, 0.15) is 11.5 Å². The first-order valence-corrected chi connectivity index (χ1v) is 12.1. The van der Waals surface area contributed by atoms with Gasteiger partial charge in [-0.3, -0.25) is 0 Å². The molecule has 0 aliphatic carbocycles. The van der Waals surface area contributed by atoms with E-state index in [1.54, 1.807) is 0 Å². The van der Waals surface area contributed by atoms with Crippen LogP contribution in [0, 0.1) is 0 Å². The highest BCUT2D eigenvalue weighted by Gasteiger charge is 2.10. The van der Waals surface area contributed by atoms with E-state index in [1.807, 2.05) is 0 Å². The van der Waals surface area contributed by atoms with Gasteiger partial charge in [0.05, 0.1) is 39.4 Å². The van der Waals surface area contributed by atoms with Gasteiger partial charge in [0.15, 0.2) is 0 Å². The molecule has 9 heteroatoms. The second kappa shape index (κ2) is 6.07. The van der Waals surface area contributed by atoms with E-state index in [-0.39, 0.29) is 9.79 Å². The summed E-state index contributed by atoms with van der Waals surface area (Å²) in [7, 11) is -6.86. The van der Waals surface area contributed by atoms with Crippen LogP contribution in [0.5, 0.6) is 11.5 Å². The van der Waals surface area contributed by atoms with Gasteiger partial charge in [-0.05, 0) is 48.5 Å². The number of ether oxygens (including phenoxy) is 1. The Morgan fingerprint density at radius 1 is 0.619 bits per heavy atom. The molecule has 0 aliphatic heterocycles. The topological polar surface area (TPSA) is 77.5 Å². The quantitative estimate of drug-likeness (QED) is 0.657. The third kappa shape index (κ3) is 4.53. The maximum Gasteiger partial charge on any atom is 0.237 e. The number of halogens is 2. The summed E-state index contributed by atoms with van der Waals surface area (Å²) in [6, 6.07) is 11.6. The fourth-order valence-corrected chi connectivity index (χ4v) is 3.69. The van der Waals surface area contributed by atoms with Crippen molar-refractivity contribution in [3.63, 3.8) is 0 Å². The van der Waals surface area contributed by atoms with Gasteiger partial charge in [0.25, 0.3) is 0 Å². The Morgan fingerprint density at radius 2 is 0.905 bits per heavy atom. The van der Waals surface area contributed by atoms with Crippen molar-refractivity contribution < 1.29 is 21.6 Å². The van der Waals surface area contributed by atoms with Gasteiger partial charge in [0.2, 0.25) is 16.5 Å². The molecular weight excluding hydrogens is 448 g/mol. The highest BCUT2D eigenvalue weighted by molar-refractivity contribution is 9.47. The standard InChI is InChI=1S/C12H8Br2O5S2/c13-20(15,16)11-5-1-9(2-6-11)19-10-3-7-12(8-4-10)21(14,17)18/h1-8H. The summed E-state index contributed by atoms with van der Waals surface area (Å²) in [6.45, 7) is 0. The molecule has 0 amide bonds. The highest BCUT2D eigenvalue weighted by Crippen LogP contribution is 2.26. The van der Waals surface area contributed by atoms with Crippen LogP contribution in [-0.2, 0) is 16.5 Å². The van der Waals surface area contributed by atoms with E-state index in [4.69, 9.17) is 4.74 Å². The van der Waals surface area contributed by atoms with E-state index in [9.17, 15) is 16.8 Å². The Morgan fingerprint density at radius 3 is 1.14 bits per heavy atom. The van der Waals surface area contributed by atoms with Crippen LogP contribution in [-0.4, -0.2) is 16.8 Å². The number of hydrogen-bond donors (Lipinski definition) is 0. The minimum Gasteiger partial charge on any atom is -0.457 e. The van der Waals surface area contributed by atoms with E-state index in [2.05, 4.69) is 29.6 Å². The fourth-order valence-electron chi connectivity index (χ4n) is 1.48. The number of hydrogen-bond acceptors (Lipinski definition) is 5. The molecule has 112 valence electrons. The lowest BCUT2D eigenvalue weighted by molar-refractivity contribution is 0.481. The Hall–Kier alpha value is -0.900. The summed E-state index contributed by atoms with van der Waals surface area (Å²) in [6.07, 6.45) is 0. The van der Waals surface area contributed by atoms with Crippen LogP contribution in [0.15, 0.2) is 58.3 Å². The van der Waals surface area contributed by atoms with Crippen molar-refractivity contribution in [2.45, 2.75) is 9.79 Å². The third-order valence-corrected chi connectivity index (χ3v) is 6.36. The Bertz CT molecular complexity index is 768. The molecule has 0 fully saturated rings. The molecule has 0 aliphatic rings. The van der Waals surface area contributed by atoms with Gasteiger partial charge in [0, 0.05) is 0 Å². The SMILES string of the molecule is O=S(=O)(Br)c1ccc(Oc2ccc(S(=O)(=O)Br)cc2)cc1. The first-order valence-electron chi connectivity index (χ1n) is 5.43. The predicted octanol–water partition coefficient (Wildman–Crippen LogP) is 3.65. The number of benzene rings is 2. The Kier molecular flexibility index (Phi) is 4.76. The normalized spacial score (nSPS) is 12.1. The monoisotopic (exact) mass is 454 g/mol. The van der Waals surface area contributed by atoms with E-state index in [0.29, 0.717) is 11.5 Å². The summed E-state index contributed by atoms with van der Waals surface area (Å²) >= 11 is 5.15. The van der Waals surface area contributed by atoms with Crippen LogP contribution in [0.25, 0.3) is 0 Å². The first-order chi connectivity index (χ1) is 9.66. The average Bonchev–Trinajstić information content (AvgIpc) is 2.38.